The van der Waals surface area contributed by atoms with Crippen LogP contribution in [-0.4, -0.2) is 4.98 Å². The molecule has 0 fully saturated rings. The first kappa shape index (κ1) is 12.1. The molecule has 1 aliphatic carbocycles. The van der Waals surface area contributed by atoms with Gasteiger partial charge in [0.15, 0.2) is 5.43 Å². The maximum atomic E-state index is 13.0. The van der Waals surface area contributed by atoms with Crippen molar-refractivity contribution in [3.05, 3.63) is 52.2 Å². The molecule has 0 amide bonds. The number of halogens is 3. The third-order valence-corrected chi connectivity index (χ3v) is 3.88. The molecule has 2 aliphatic rings. The lowest BCUT2D eigenvalue weighted by Gasteiger charge is -2.12. The number of para-hydroxylation sites is 1. The molecule has 0 spiro atoms. The van der Waals surface area contributed by atoms with E-state index in [1.165, 1.54) is 6.07 Å². The van der Waals surface area contributed by atoms with Crippen LogP contribution in [0.2, 0.25) is 0 Å². The van der Waals surface area contributed by atoms with Crippen LogP contribution in [0.1, 0.15) is 5.56 Å². The second kappa shape index (κ2) is 4.03. The van der Waals surface area contributed by atoms with Gasteiger partial charge in [0.25, 0.3) is 0 Å². The first-order chi connectivity index (χ1) is 8.97. The van der Waals surface area contributed by atoms with Gasteiger partial charge in [0.2, 0.25) is 0 Å². The molecule has 0 bridgehead atoms. The summed E-state index contributed by atoms with van der Waals surface area (Å²) in [6.45, 7) is 0. The van der Waals surface area contributed by atoms with Gasteiger partial charge in [-0.05, 0) is 24.3 Å². The third kappa shape index (κ3) is 1.98. The average Bonchev–Trinajstić information content (AvgIpc) is 2.34. The lowest BCUT2D eigenvalue weighted by atomic mass is 10.1. The lowest BCUT2D eigenvalue weighted by molar-refractivity contribution is -0.137. The standard InChI is InChI=1S/C13H6F3NOS/c14-13(15,16)11-9(18)6-5-8-12(11)19-10-4-2-1-3-7(10)17-8/h1-6H. The molecule has 0 saturated heterocycles. The number of alkyl halides is 3. The molecule has 2 nitrogen and oxygen atoms in total. The molecule has 3 rings (SSSR count). The summed E-state index contributed by atoms with van der Waals surface area (Å²) in [6.07, 6.45) is -4.67. The molecule has 6 heteroatoms. The van der Waals surface area contributed by atoms with Crippen LogP contribution in [0.5, 0.6) is 0 Å². The summed E-state index contributed by atoms with van der Waals surface area (Å²) in [5.74, 6) is 0. The van der Waals surface area contributed by atoms with Gasteiger partial charge in [-0.3, -0.25) is 4.79 Å². The number of nitrogens with zero attached hydrogens (tertiary/aromatic N) is 1. The quantitative estimate of drug-likeness (QED) is 0.587. The summed E-state index contributed by atoms with van der Waals surface area (Å²) < 4.78 is 39.5. The minimum atomic E-state index is -4.67. The lowest BCUT2D eigenvalue weighted by Crippen LogP contribution is -2.20. The Hall–Kier alpha value is -1.95. The van der Waals surface area contributed by atoms with Crippen LogP contribution in [0.15, 0.2) is 41.2 Å². The smallest absolute Gasteiger partial charge is 0.289 e. The van der Waals surface area contributed by atoms with E-state index in [4.69, 9.17) is 0 Å². The Morgan fingerprint density at radius 2 is 1.79 bits per heavy atom. The summed E-state index contributed by atoms with van der Waals surface area (Å²) in [7, 11) is 0. The predicted octanol–water partition coefficient (Wildman–Crippen LogP) is 3.78. The van der Waals surface area contributed by atoms with Crippen molar-refractivity contribution in [2.45, 2.75) is 6.18 Å². The molecule has 0 atom stereocenters. The summed E-state index contributed by atoms with van der Waals surface area (Å²) in [5, 5.41) is 0. The van der Waals surface area contributed by atoms with Gasteiger partial charge >= 0.3 is 6.18 Å². The fourth-order valence-corrected chi connectivity index (χ4v) is 3.01. The van der Waals surface area contributed by atoms with E-state index in [2.05, 4.69) is 4.98 Å². The molecule has 0 unspecified atom stereocenters. The van der Waals surface area contributed by atoms with E-state index in [9.17, 15) is 18.0 Å². The maximum absolute atomic E-state index is 13.0. The number of rotatable bonds is 0. The molecule has 0 N–H and O–H groups in total. The Balaban J connectivity index is 2.48. The van der Waals surface area contributed by atoms with Gasteiger partial charge in [0, 0.05) is 0 Å². The SMILES string of the molecule is O=c1ccc2nc3ccccc3sc-2c1C(F)(F)F. The Morgan fingerprint density at radius 3 is 2.53 bits per heavy atom. The van der Waals surface area contributed by atoms with E-state index < -0.39 is 17.2 Å². The van der Waals surface area contributed by atoms with Crippen LogP contribution < -0.4 is 5.43 Å². The van der Waals surface area contributed by atoms with Gasteiger partial charge in [-0.1, -0.05) is 12.1 Å². The van der Waals surface area contributed by atoms with Crippen LogP contribution >= 0.6 is 11.3 Å². The van der Waals surface area contributed by atoms with Crippen LogP contribution in [0.4, 0.5) is 13.2 Å². The molecule has 1 aliphatic heterocycles. The number of benzene rings is 2. The zero-order chi connectivity index (χ0) is 13.6. The highest BCUT2D eigenvalue weighted by molar-refractivity contribution is 7.21. The maximum Gasteiger partial charge on any atom is 0.421 e. The van der Waals surface area contributed by atoms with Crippen molar-refractivity contribution in [1.82, 2.24) is 4.98 Å². The van der Waals surface area contributed by atoms with Gasteiger partial charge in [-0.25, -0.2) is 4.98 Å². The zero-order valence-corrected chi connectivity index (χ0v) is 10.2. The third-order valence-electron chi connectivity index (χ3n) is 2.70. The summed E-state index contributed by atoms with van der Waals surface area (Å²) in [6, 6.07) is 9.14. The van der Waals surface area contributed by atoms with E-state index in [1.807, 2.05) is 0 Å². The predicted molar refractivity (Wildman–Crippen MR) is 67.5 cm³/mol. The van der Waals surface area contributed by atoms with E-state index in [1.54, 1.807) is 24.3 Å². The second-order valence-corrected chi connectivity index (χ2v) is 5.02. The fraction of sp³-hybridized carbons (Fsp3) is 0.0769. The van der Waals surface area contributed by atoms with Crippen molar-refractivity contribution >= 4 is 21.6 Å². The molecule has 1 aromatic rings. The molecule has 96 valence electrons. The molecular weight excluding hydrogens is 275 g/mol. The van der Waals surface area contributed by atoms with Crippen LogP contribution in [0.3, 0.4) is 0 Å². The summed E-state index contributed by atoms with van der Waals surface area (Å²) in [5.41, 5.74) is -1.34. The molecule has 1 aromatic carbocycles. The monoisotopic (exact) mass is 281 g/mol. The number of fused-ring (bicyclic) bond motifs is 2. The Bertz CT molecular complexity index is 794. The van der Waals surface area contributed by atoms with Crippen molar-refractivity contribution in [3.63, 3.8) is 0 Å². The topological polar surface area (TPSA) is 30.0 Å². The fourth-order valence-electron chi connectivity index (χ4n) is 1.89. The number of hydrogen-bond donors (Lipinski definition) is 0. The largest absolute Gasteiger partial charge is 0.421 e. The summed E-state index contributed by atoms with van der Waals surface area (Å²) in [4.78, 5) is 15.5. The van der Waals surface area contributed by atoms with Crippen molar-refractivity contribution in [2.24, 2.45) is 0 Å². The van der Waals surface area contributed by atoms with E-state index in [0.717, 1.165) is 17.4 Å². The molecule has 1 heterocycles. The highest BCUT2D eigenvalue weighted by Crippen LogP contribution is 2.39. The minimum Gasteiger partial charge on any atom is -0.289 e. The molecule has 0 aromatic heterocycles. The van der Waals surface area contributed by atoms with Crippen molar-refractivity contribution in [1.29, 1.82) is 0 Å². The molecule has 0 saturated carbocycles. The van der Waals surface area contributed by atoms with Crippen LogP contribution in [0.25, 0.3) is 20.8 Å². The minimum absolute atomic E-state index is 0.112. The first-order valence-corrected chi connectivity index (χ1v) is 6.18. The second-order valence-electron chi connectivity index (χ2n) is 3.97. The van der Waals surface area contributed by atoms with Gasteiger partial charge in [-0.15, -0.1) is 11.3 Å². The average molecular weight is 281 g/mol. The normalized spacial score (nSPS) is 12.2. The van der Waals surface area contributed by atoms with E-state index in [-0.39, 0.29) is 10.6 Å². The van der Waals surface area contributed by atoms with Crippen molar-refractivity contribution in [2.75, 3.05) is 0 Å². The van der Waals surface area contributed by atoms with Crippen molar-refractivity contribution in [3.8, 4) is 10.6 Å². The number of hydrogen-bond acceptors (Lipinski definition) is 3. The summed E-state index contributed by atoms with van der Waals surface area (Å²) >= 11 is 0.936. The van der Waals surface area contributed by atoms with Gasteiger partial charge in [0.05, 0.1) is 20.8 Å². The highest BCUT2D eigenvalue weighted by Gasteiger charge is 2.38. The Labute approximate surface area is 109 Å². The van der Waals surface area contributed by atoms with Crippen LogP contribution in [0, 0.1) is 0 Å². The zero-order valence-electron chi connectivity index (χ0n) is 9.36. The molecule has 0 radical (unpaired) electrons. The Kier molecular flexibility index (Phi) is 2.56. The molecular formula is C13H6F3NOS. The first-order valence-electron chi connectivity index (χ1n) is 5.36. The highest BCUT2D eigenvalue weighted by atomic mass is 32.1. The van der Waals surface area contributed by atoms with Gasteiger partial charge < -0.3 is 0 Å². The van der Waals surface area contributed by atoms with Crippen molar-refractivity contribution < 1.29 is 13.2 Å². The van der Waals surface area contributed by atoms with Gasteiger partial charge in [-0.2, -0.15) is 13.2 Å². The Morgan fingerprint density at radius 1 is 1.05 bits per heavy atom. The van der Waals surface area contributed by atoms with Crippen LogP contribution in [-0.2, 0) is 6.18 Å². The number of aromatic nitrogens is 1. The van der Waals surface area contributed by atoms with E-state index >= 15 is 0 Å². The molecule has 19 heavy (non-hydrogen) atoms. The van der Waals surface area contributed by atoms with Gasteiger partial charge in [0.1, 0.15) is 5.56 Å². The van der Waals surface area contributed by atoms with E-state index in [0.29, 0.717) is 10.2 Å².